The Bertz CT molecular complexity index is 417. The number of amides is 1. The van der Waals surface area contributed by atoms with Crippen LogP contribution in [0.4, 0.5) is 5.69 Å². The molecule has 0 fully saturated rings. The predicted octanol–water partition coefficient (Wildman–Crippen LogP) is 2.04. The number of carbonyl (C=O) groups excluding carboxylic acids is 1. The summed E-state index contributed by atoms with van der Waals surface area (Å²) in [6.07, 6.45) is 0. The van der Waals surface area contributed by atoms with Gasteiger partial charge in [0.25, 0.3) is 5.91 Å². The zero-order valence-electron chi connectivity index (χ0n) is 7.16. The summed E-state index contributed by atoms with van der Waals surface area (Å²) >= 11 is 0. The van der Waals surface area contributed by atoms with E-state index in [1.54, 1.807) is 18.2 Å². The van der Waals surface area contributed by atoms with Gasteiger partial charge in [0.1, 0.15) is 0 Å². The molecule has 1 N–H and O–H groups in total. The zero-order chi connectivity index (χ0) is 9.42. The molecule has 1 aromatic carbocycles. The molecule has 0 saturated carbocycles. The highest BCUT2D eigenvalue weighted by Gasteiger charge is 2.24. The summed E-state index contributed by atoms with van der Waals surface area (Å²) in [5.74, 6) is -0.0426. The van der Waals surface area contributed by atoms with E-state index in [9.17, 15) is 4.79 Å². The van der Waals surface area contributed by atoms with Crippen LogP contribution >= 0.6 is 0 Å². The van der Waals surface area contributed by atoms with Gasteiger partial charge < -0.3 is 5.32 Å². The number of nitrogens with zero attached hydrogens (tertiary/aromatic N) is 1. The van der Waals surface area contributed by atoms with Gasteiger partial charge in [0.2, 0.25) is 0 Å². The lowest BCUT2D eigenvalue weighted by Gasteiger charge is -2.02. The average Bonchev–Trinajstić information content (AvgIpc) is 2.42. The maximum Gasteiger partial charge on any atom is 0.252 e. The second kappa shape index (κ2) is 2.60. The van der Waals surface area contributed by atoms with Crippen molar-refractivity contribution in [2.24, 2.45) is 0 Å². The molecule has 0 radical (unpaired) electrons. The minimum Gasteiger partial charge on any atom is -0.346 e. The van der Waals surface area contributed by atoms with Crippen molar-refractivity contribution in [1.29, 1.82) is 0 Å². The number of fused-ring (bicyclic) bond motifs is 1. The fourth-order valence-corrected chi connectivity index (χ4v) is 1.54. The molecule has 0 spiro atoms. The Morgan fingerprint density at radius 3 is 3.00 bits per heavy atom. The van der Waals surface area contributed by atoms with Gasteiger partial charge in [0, 0.05) is 5.56 Å². The fourth-order valence-electron chi connectivity index (χ4n) is 1.54. The van der Waals surface area contributed by atoms with E-state index in [1.165, 1.54) is 0 Å². The van der Waals surface area contributed by atoms with Crippen LogP contribution in [0.25, 0.3) is 4.85 Å². The number of hydrogen-bond donors (Lipinski definition) is 1. The average molecular weight is 172 g/mol. The van der Waals surface area contributed by atoms with Crippen molar-refractivity contribution in [2.45, 2.75) is 13.0 Å². The molecule has 3 heteroatoms. The molecule has 3 nitrogen and oxygen atoms in total. The highest BCUT2D eigenvalue weighted by atomic mass is 16.2. The predicted molar refractivity (Wildman–Crippen MR) is 48.6 cm³/mol. The van der Waals surface area contributed by atoms with Gasteiger partial charge in [-0.25, -0.2) is 4.85 Å². The molecule has 0 aliphatic carbocycles. The maximum absolute atomic E-state index is 11.3. The SMILES string of the molecule is [C-]#[N+]c1ccc2c(c1)C(C)NC2=O. The molecule has 1 heterocycles. The highest BCUT2D eigenvalue weighted by Crippen LogP contribution is 2.28. The van der Waals surface area contributed by atoms with Crippen molar-refractivity contribution in [1.82, 2.24) is 5.32 Å². The van der Waals surface area contributed by atoms with E-state index in [2.05, 4.69) is 10.2 Å². The Balaban J connectivity index is 2.60. The smallest absolute Gasteiger partial charge is 0.252 e. The largest absolute Gasteiger partial charge is 0.346 e. The van der Waals surface area contributed by atoms with Gasteiger partial charge in [-0.2, -0.15) is 0 Å². The first-order valence-electron chi connectivity index (χ1n) is 4.04. The molecule has 1 atom stereocenters. The molecule has 1 amide bonds. The number of rotatable bonds is 0. The van der Waals surface area contributed by atoms with E-state index >= 15 is 0 Å². The molecule has 1 aliphatic rings. The van der Waals surface area contributed by atoms with Crippen LogP contribution in [0.3, 0.4) is 0 Å². The molecule has 0 bridgehead atoms. The van der Waals surface area contributed by atoms with E-state index < -0.39 is 0 Å². The highest BCUT2D eigenvalue weighted by molar-refractivity contribution is 5.99. The topological polar surface area (TPSA) is 33.5 Å². The molecule has 64 valence electrons. The number of benzene rings is 1. The molecule has 1 aromatic rings. The Kier molecular flexibility index (Phi) is 1.56. The fraction of sp³-hybridized carbons (Fsp3) is 0.200. The summed E-state index contributed by atoms with van der Waals surface area (Å²) < 4.78 is 0. The quantitative estimate of drug-likeness (QED) is 0.597. The van der Waals surface area contributed by atoms with Crippen LogP contribution < -0.4 is 5.32 Å². The summed E-state index contributed by atoms with van der Waals surface area (Å²) in [4.78, 5) is 14.6. The third-order valence-electron chi connectivity index (χ3n) is 2.22. The summed E-state index contributed by atoms with van der Waals surface area (Å²) in [6.45, 7) is 8.76. The zero-order valence-corrected chi connectivity index (χ0v) is 7.16. The van der Waals surface area contributed by atoms with Crippen LogP contribution in [0.2, 0.25) is 0 Å². The molecule has 2 rings (SSSR count). The van der Waals surface area contributed by atoms with E-state index in [-0.39, 0.29) is 11.9 Å². The van der Waals surface area contributed by atoms with Gasteiger partial charge in [-0.15, -0.1) is 0 Å². The van der Waals surface area contributed by atoms with Crippen LogP contribution in [0, 0.1) is 6.57 Å². The van der Waals surface area contributed by atoms with Gasteiger partial charge >= 0.3 is 0 Å². The molecule has 0 aromatic heterocycles. The number of carbonyl (C=O) groups is 1. The summed E-state index contributed by atoms with van der Waals surface area (Å²) in [7, 11) is 0. The lowest BCUT2D eigenvalue weighted by molar-refractivity contribution is 0.0958. The third-order valence-corrected chi connectivity index (χ3v) is 2.22. The van der Waals surface area contributed by atoms with Crippen LogP contribution in [-0.4, -0.2) is 5.91 Å². The second-order valence-electron chi connectivity index (χ2n) is 3.08. The van der Waals surface area contributed by atoms with Crippen LogP contribution in [0.15, 0.2) is 18.2 Å². The van der Waals surface area contributed by atoms with Crippen molar-refractivity contribution < 1.29 is 4.79 Å². The van der Waals surface area contributed by atoms with Gasteiger partial charge in [0.05, 0.1) is 12.6 Å². The van der Waals surface area contributed by atoms with Crippen molar-refractivity contribution in [3.05, 3.63) is 40.7 Å². The maximum atomic E-state index is 11.3. The molecule has 1 aliphatic heterocycles. The van der Waals surface area contributed by atoms with E-state index in [4.69, 9.17) is 6.57 Å². The Morgan fingerprint density at radius 1 is 1.54 bits per heavy atom. The van der Waals surface area contributed by atoms with E-state index in [1.807, 2.05) is 6.92 Å². The lowest BCUT2D eigenvalue weighted by Crippen LogP contribution is -2.16. The summed E-state index contributed by atoms with van der Waals surface area (Å²) in [6, 6.07) is 5.18. The van der Waals surface area contributed by atoms with E-state index in [0.717, 1.165) is 5.56 Å². The van der Waals surface area contributed by atoms with Crippen molar-refractivity contribution in [3.8, 4) is 0 Å². The first-order valence-corrected chi connectivity index (χ1v) is 4.04. The van der Waals surface area contributed by atoms with Crippen LogP contribution in [0.1, 0.15) is 28.9 Å². The van der Waals surface area contributed by atoms with Gasteiger partial charge in [-0.05, 0) is 12.5 Å². The summed E-state index contributed by atoms with van der Waals surface area (Å²) in [5, 5.41) is 2.79. The Morgan fingerprint density at radius 2 is 2.31 bits per heavy atom. The first-order chi connectivity index (χ1) is 6.22. The molecular formula is C10H8N2O. The molecule has 0 saturated heterocycles. The van der Waals surface area contributed by atoms with E-state index in [0.29, 0.717) is 11.3 Å². The molecule has 13 heavy (non-hydrogen) atoms. The Labute approximate surface area is 76.2 Å². The Hall–Kier alpha value is -1.82. The molecule has 1 unspecified atom stereocenters. The minimum atomic E-state index is -0.0426. The van der Waals surface area contributed by atoms with Gasteiger partial charge in [-0.1, -0.05) is 18.2 Å². The number of nitrogens with one attached hydrogen (secondary N) is 1. The van der Waals surface area contributed by atoms with Gasteiger partial charge in [-0.3, -0.25) is 4.79 Å². The summed E-state index contributed by atoms with van der Waals surface area (Å²) in [5.41, 5.74) is 2.21. The van der Waals surface area contributed by atoms with Gasteiger partial charge in [0.15, 0.2) is 5.69 Å². The lowest BCUT2D eigenvalue weighted by atomic mass is 10.1. The molecular weight excluding hydrogens is 164 g/mol. The van der Waals surface area contributed by atoms with Crippen molar-refractivity contribution in [2.75, 3.05) is 0 Å². The third kappa shape index (κ3) is 1.07. The standard InChI is InChI=1S/C10H8N2O/c1-6-9-5-7(11-2)3-4-8(9)10(13)12-6/h3-6H,1H3,(H,12,13). The van der Waals surface area contributed by atoms with Crippen LogP contribution in [-0.2, 0) is 0 Å². The number of hydrogen-bond acceptors (Lipinski definition) is 1. The van der Waals surface area contributed by atoms with Crippen molar-refractivity contribution >= 4 is 11.6 Å². The minimum absolute atomic E-state index is 0.0317. The monoisotopic (exact) mass is 172 g/mol. The second-order valence-corrected chi connectivity index (χ2v) is 3.08. The van der Waals surface area contributed by atoms with Crippen LogP contribution in [0.5, 0.6) is 0 Å². The van der Waals surface area contributed by atoms with Crippen molar-refractivity contribution in [3.63, 3.8) is 0 Å². The normalized spacial score (nSPS) is 19.1. The first kappa shape index (κ1) is 7.81.